The van der Waals surface area contributed by atoms with Crippen molar-refractivity contribution in [2.24, 2.45) is 5.92 Å². The van der Waals surface area contributed by atoms with Gasteiger partial charge < -0.3 is 4.90 Å². The van der Waals surface area contributed by atoms with E-state index in [0.717, 1.165) is 24.4 Å². The van der Waals surface area contributed by atoms with Crippen LogP contribution in [0.25, 0.3) is 0 Å². The van der Waals surface area contributed by atoms with Crippen molar-refractivity contribution < 1.29 is 8.42 Å². The zero-order valence-corrected chi connectivity index (χ0v) is 19.7. The number of likely N-dealkylation sites (tertiary alicyclic amines) is 1. The van der Waals surface area contributed by atoms with Crippen LogP contribution in [0.3, 0.4) is 0 Å². The van der Waals surface area contributed by atoms with Crippen LogP contribution in [0.4, 0.5) is 5.69 Å². The highest BCUT2D eigenvalue weighted by Gasteiger charge is 2.37. The Hall–Kier alpha value is -1.56. The minimum absolute atomic E-state index is 0. The average molecular weight is 449 g/mol. The zero-order valence-electron chi connectivity index (χ0n) is 18.1. The molecule has 0 radical (unpaired) electrons. The highest BCUT2D eigenvalue weighted by Crippen LogP contribution is 2.42. The maximum Gasteiger partial charge on any atom is 0.261 e. The lowest BCUT2D eigenvalue weighted by atomic mass is 9.77. The minimum Gasteiger partial charge on any atom is -0.302 e. The van der Waals surface area contributed by atoms with Crippen LogP contribution in [-0.2, 0) is 16.4 Å². The van der Waals surface area contributed by atoms with E-state index in [2.05, 4.69) is 36.5 Å². The van der Waals surface area contributed by atoms with E-state index in [1.807, 2.05) is 24.3 Å². The smallest absolute Gasteiger partial charge is 0.261 e. The SMILES string of the molecule is CCCN1CC2CCc3cc(NS(=O)(=O)c4ccc(C(C)C)cc4)ccc3C2C1.Cl. The molecule has 6 heteroatoms. The molecular weight excluding hydrogens is 416 g/mol. The standard InChI is InChI=1S/C24H32N2O2S.ClH/c1-4-13-26-15-20-6-5-19-14-21(9-12-23(19)24(20)16-26)25-29(27,28)22-10-7-18(8-11-22)17(2)3;/h7-12,14,17,20,24-25H,4-6,13,15-16H2,1-3H3;1H. The zero-order chi connectivity index (χ0) is 20.6. The maximum atomic E-state index is 12.8. The second-order valence-electron chi connectivity index (χ2n) is 8.91. The van der Waals surface area contributed by atoms with Gasteiger partial charge in [0.2, 0.25) is 0 Å². The molecule has 0 spiro atoms. The number of anilines is 1. The van der Waals surface area contributed by atoms with Crippen molar-refractivity contribution >= 4 is 28.1 Å². The van der Waals surface area contributed by atoms with E-state index < -0.39 is 10.0 Å². The normalized spacial score (nSPS) is 21.1. The fourth-order valence-corrected chi connectivity index (χ4v) is 5.99. The van der Waals surface area contributed by atoms with Crippen molar-refractivity contribution in [2.75, 3.05) is 24.4 Å². The molecule has 1 N–H and O–H groups in total. The van der Waals surface area contributed by atoms with Gasteiger partial charge in [0.25, 0.3) is 10.0 Å². The van der Waals surface area contributed by atoms with Gasteiger partial charge in [0.1, 0.15) is 0 Å². The van der Waals surface area contributed by atoms with Gasteiger partial charge in [0, 0.05) is 24.7 Å². The Labute approximate surface area is 187 Å². The van der Waals surface area contributed by atoms with E-state index in [1.54, 1.807) is 12.1 Å². The highest BCUT2D eigenvalue weighted by molar-refractivity contribution is 7.92. The summed E-state index contributed by atoms with van der Waals surface area (Å²) < 4.78 is 28.4. The molecular formula is C24H33ClN2O2S. The first-order valence-corrected chi connectivity index (χ1v) is 12.3. The first-order chi connectivity index (χ1) is 13.9. The van der Waals surface area contributed by atoms with Crippen LogP contribution in [0.15, 0.2) is 47.4 Å². The van der Waals surface area contributed by atoms with Crippen LogP contribution in [0.1, 0.15) is 62.1 Å². The topological polar surface area (TPSA) is 49.4 Å². The molecule has 2 unspecified atom stereocenters. The fourth-order valence-electron chi connectivity index (χ4n) is 4.94. The third kappa shape index (κ3) is 4.68. The summed E-state index contributed by atoms with van der Waals surface area (Å²) in [5.41, 5.74) is 4.53. The summed E-state index contributed by atoms with van der Waals surface area (Å²) in [5, 5.41) is 0. The number of hydrogen-bond acceptors (Lipinski definition) is 3. The summed E-state index contributed by atoms with van der Waals surface area (Å²) in [7, 11) is -3.57. The molecule has 1 aliphatic heterocycles. The van der Waals surface area contributed by atoms with E-state index in [1.165, 1.54) is 37.1 Å². The number of fused-ring (bicyclic) bond motifs is 3. The minimum atomic E-state index is -3.57. The number of halogens is 1. The Kier molecular flexibility index (Phi) is 7.16. The second kappa shape index (κ2) is 9.29. The third-order valence-electron chi connectivity index (χ3n) is 6.49. The van der Waals surface area contributed by atoms with E-state index in [9.17, 15) is 8.42 Å². The van der Waals surface area contributed by atoms with Crippen molar-refractivity contribution in [3.05, 3.63) is 59.2 Å². The van der Waals surface area contributed by atoms with Gasteiger partial charge >= 0.3 is 0 Å². The molecule has 2 atom stereocenters. The number of benzene rings is 2. The Bertz CT molecular complexity index is 973. The summed E-state index contributed by atoms with van der Waals surface area (Å²) in [6, 6.07) is 13.3. The monoisotopic (exact) mass is 448 g/mol. The van der Waals surface area contributed by atoms with Crippen molar-refractivity contribution in [3.8, 4) is 0 Å². The highest BCUT2D eigenvalue weighted by atomic mass is 35.5. The molecule has 2 aromatic carbocycles. The van der Waals surface area contributed by atoms with Gasteiger partial charge in [-0.2, -0.15) is 0 Å². The molecule has 164 valence electrons. The Morgan fingerprint density at radius 1 is 1.10 bits per heavy atom. The fraction of sp³-hybridized carbons (Fsp3) is 0.500. The van der Waals surface area contributed by atoms with E-state index >= 15 is 0 Å². The molecule has 1 saturated heterocycles. The number of rotatable bonds is 6. The maximum absolute atomic E-state index is 12.8. The van der Waals surface area contributed by atoms with Crippen molar-refractivity contribution in [2.45, 2.75) is 56.8 Å². The van der Waals surface area contributed by atoms with Crippen LogP contribution in [0.5, 0.6) is 0 Å². The first-order valence-electron chi connectivity index (χ1n) is 10.9. The lowest BCUT2D eigenvalue weighted by molar-refractivity contribution is 0.322. The molecule has 1 aliphatic carbocycles. The molecule has 30 heavy (non-hydrogen) atoms. The lowest BCUT2D eigenvalue weighted by Gasteiger charge is -2.28. The predicted molar refractivity (Wildman–Crippen MR) is 126 cm³/mol. The van der Waals surface area contributed by atoms with Crippen LogP contribution >= 0.6 is 12.4 Å². The number of nitrogens with one attached hydrogen (secondary N) is 1. The van der Waals surface area contributed by atoms with Gasteiger partial charge in [-0.1, -0.05) is 39.0 Å². The molecule has 0 saturated carbocycles. The van der Waals surface area contributed by atoms with Crippen LogP contribution in [0.2, 0.25) is 0 Å². The van der Waals surface area contributed by atoms with E-state index in [4.69, 9.17) is 0 Å². The van der Waals surface area contributed by atoms with Crippen LogP contribution < -0.4 is 4.72 Å². The molecule has 0 amide bonds. The summed E-state index contributed by atoms with van der Waals surface area (Å²) in [5.74, 6) is 1.73. The number of nitrogens with zero attached hydrogens (tertiary/aromatic N) is 1. The van der Waals surface area contributed by atoms with E-state index in [-0.39, 0.29) is 12.4 Å². The summed E-state index contributed by atoms with van der Waals surface area (Å²) in [4.78, 5) is 2.90. The molecule has 4 nitrogen and oxygen atoms in total. The van der Waals surface area contributed by atoms with Gasteiger partial charge in [-0.05, 0) is 78.6 Å². The van der Waals surface area contributed by atoms with Crippen LogP contribution in [0, 0.1) is 5.92 Å². The van der Waals surface area contributed by atoms with Gasteiger partial charge in [-0.15, -0.1) is 12.4 Å². The van der Waals surface area contributed by atoms with Crippen molar-refractivity contribution in [3.63, 3.8) is 0 Å². The van der Waals surface area contributed by atoms with E-state index in [0.29, 0.717) is 22.4 Å². The second-order valence-corrected chi connectivity index (χ2v) is 10.6. The molecule has 2 aromatic rings. The van der Waals surface area contributed by atoms with Gasteiger partial charge in [-0.25, -0.2) is 8.42 Å². The molecule has 1 heterocycles. The molecule has 2 aliphatic rings. The predicted octanol–water partition coefficient (Wildman–Crippen LogP) is 5.40. The average Bonchev–Trinajstić information content (AvgIpc) is 3.11. The number of aryl methyl sites for hydroxylation is 1. The third-order valence-corrected chi connectivity index (χ3v) is 7.89. The Balaban J connectivity index is 0.00000256. The van der Waals surface area contributed by atoms with Crippen molar-refractivity contribution in [1.82, 2.24) is 4.90 Å². The molecule has 0 bridgehead atoms. The Morgan fingerprint density at radius 2 is 1.83 bits per heavy atom. The van der Waals surface area contributed by atoms with Gasteiger partial charge in [-0.3, -0.25) is 4.72 Å². The van der Waals surface area contributed by atoms with Gasteiger partial charge in [0.15, 0.2) is 0 Å². The number of hydrogen-bond donors (Lipinski definition) is 1. The lowest BCUT2D eigenvalue weighted by Crippen LogP contribution is -2.21. The summed E-state index contributed by atoms with van der Waals surface area (Å²) in [6.07, 6.45) is 3.44. The largest absolute Gasteiger partial charge is 0.302 e. The first kappa shape index (κ1) is 23.1. The van der Waals surface area contributed by atoms with Crippen molar-refractivity contribution in [1.29, 1.82) is 0 Å². The summed E-state index contributed by atoms with van der Waals surface area (Å²) >= 11 is 0. The number of sulfonamides is 1. The summed E-state index contributed by atoms with van der Waals surface area (Å²) in [6.45, 7) is 9.97. The van der Waals surface area contributed by atoms with Gasteiger partial charge in [0.05, 0.1) is 4.90 Å². The van der Waals surface area contributed by atoms with Crippen LogP contribution in [-0.4, -0.2) is 33.0 Å². The Morgan fingerprint density at radius 3 is 2.50 bits per heavy atom. The molecule has 1 fully saturated rings. The molecule has 0 aromatic heterocycles. The molecule has 4 rings (SSSR count). The quantitative estimate of drug-likeness (QED) is 0.643.